The standard InChI is InChI=1S/C28H35FN3O9PS/c1-17(24(35)38-16-27(2,3)4)31-42(37,41-19-10-8-18(9-11-19)21-7-6-14-43-21)39-15-20-23(34)28(5,29)25(40-20)32-13-12-22(33)30-26(32)36/h6-14,17,20,23,25,31,34,37H,15-16H2,1-5H3/p+1/t17-,20+,23+,25+,28+,42?/m0/s1. The van der Waals surface area contributed by atoms with Gasteiger partial charge in [0.1, 0.15) is 24.9 Å². The molecular weight excluding hydrogens is 604 g/mol. The van der Waals surface area contributed by atoms with E-state index in [-0.39, 0.29) is 17.8 Å². The molecule has 15 heteroatoms. The molecule has 2 aromatic heterocycles. The van der Waals surface area contributed by atoms with Crippen molar-refractivity contribution in [3.05, 3.63) is 74.9 Å². The van der Waals surface area contributed by atoms with Crippen LogP contribution in [0.4, 0.5) is 4.39 Å². The molecule has 4 N–H and O–H groups in total. The molecule has 12 nitrogen and oxygen atoms in total. The number of aliphatic hydroxyl groups is 1. The SMILES string of the molecule is C[C@H](N[P+](O)(OC[C@H]1O[C@@H](n2ccc(=O)[nH]c2=O)[C@](C)(F)[C@@H]1O)Oc1ccc(-c2cccs2)cc1)C(=O)OCC(C)(C)C. The van der Waals surface area contributed by atoms with Crippen molar-refractivity contribution in [2.45, 2.75) is 64.8 Å². The zero-order valence-corrected chi connectivity index (χ0v) is 26.1. The van der Waals surface area contributed by atoms with E-state index in [1.165, 1.54) is 6.92 Å². The minimum Gasteiger partial charge on any atom is -0.464 e. The number of nitrogens with one attached hydrogen (secondary N) is 2. The van der Waals surface area contributed by atoms with E-state index in [0.717, 1.165) is 34.2 Å². The summed E-state index contributed by atoms with van der Waals surface area (Å²) in [5.41, 5.74) is -3.47. The van der Waals surface area contributed by atoms with Crippen molar-refractivity contribution in [2.75, 3.05) is 13.2 Å². The van der Waals surface area contributed by atoms with E-state index in [1.54, 1.807) is 35.6 Å². The Bertz CT molecular complexity index is 1510. The second-order valence-electron chi connectivity index (χ2n) is 11.6. The molecule has 43 heavy (non-hydrogen) atoms. The lowest BCUT2D eigenvalue weighted by Crippen LogP contribution is -2.44. The first-order chi connectivity index (χ1) is 20.1. The molecule has 0 spiro atoms. The van der Waals surface area contributed by atoms with E-state index in [2.05, 4.69) is 5.09 Å². The van der Waals surface area contributed by atoms with Crippen molar-refractivity contribution >= 4 is 25.4 Å². The lowest BCUT2D eigenvalue weighted by molar-refractivity contribution is -0.148. The van der Waals surface area contributed by atoms with Crippen LogP contribution in [0.25, 0.3) is 10.4 Å². The number of esters is 1. The number of hydrogen-bond acceptors (Lipinski definition) is 11. The van der Waals surface area contributed by atoms with Gasteiger partial charge in [-0.05, 0) is 60.5 Å². The zero-order valence-electron chi connectivity index (χ0n) is 24.4. The third-order valence-corrected chi connectivity index (χ3v) is 9.07. The number of ether oxygens (including phenoxy) is 2. The van der Waals surface area contributed by atoms with Crippen molar-refractivity contribution in [3.8, 4) is 16.2 Å². The Morgan fingerprint density at radius 3 is 2.56 bits per heavy atom. The fourth-order valence-electron chi connectivity index (χ4n) is 4.20. The maximum atomic E-state index is 15.7. The van der Waals surface area contributed by atoms with Crippen LogP contribution in [-0.2, 0) is 18.8 Å². The first kappa shape index (κ1) is 32.9. The lowest BCUT2D eigenvalue weighted by atomic mass is 9.98. The van der Waals surface area contributed by atoms with Crippen LogP contribution >= 0.6 is 19.4 Å². The maximum absolute atomic E-state index is 15.7. The summed E-state index contributed by atoms with van der Waals surface area (Å²) in [7, 11) is -4.15. The molecule has 1 aromatic carbocycles. The number of benzene rings is 1. The van der Waals surface area contributed by atoms with E-state index in [9.17, 15) is 24.4 Å². The third kappa shape index (κ3) is 8.15. The Balaban J connectivity index is 1.53. The molecule has 1 aliphatic rings. The van der Waals surface area contributed by atoms with Gasteiger partial charge in [0.2, 0.25) is 0 Å². The number of H-pyrrole nitrogens is 1. The fraction of sp³-hybridized carbons (Fsp3) is 0.464. The molecule has 0 bridgehead atoms. The molecule has 0 aliphatic carbocycles. The van der Waals surface area contributed by atoms with Crippen molar-refractivity contribution < 1.29 is 37.7 Å². The number of rotatable bonds is 11. The predicted molar refractivity (Wildman–Crippen MR) is 159 cm³/mol. The van der Waals surface area contributed by atoms with Gasteiger partial charge >= 0.3 is 19.8 Å². The minimum atomic E-state index is -4.15. The Morgan fingerprint density at radius 2 is 1.95 bits per heavy atom. The van der Waals surface area contributed by atoms with Crippen LogP contribution in [0.3, 0.4) is 0 Å². The molecule has 1 saturated heterocycles. The Labute approximate surface area is 252 Å². The summed E-state index contributed by atoms with van der Waals surface area (Å²) in [6.07, 6.45) is -3.74. The Hall–Kier alpha value is -2.97. The maximum Gasteiger partial charge on any atom is 0.544 e. The molecule has 0 radical (unpaired) electrons. The summed E-state index contributed by atoms with van der Waals surface area (Å²) in [6.45, 7) is 7.72. The first-order valence-electron chi connectivity index (χ1n) is 13.5. The normalized spacial score (nSPS) is 24.3. The van der Waals surface area contributed by atoms with Crippen molar-refractivity contribution in [1.82, 2.24) is 14.6 Å². The average molecular weight is 641 g/mol. The van der Waals surface area contributed by atoms with Gasteiger partial charge in [-0.1, -0.05) is 31.9 Å². The topological polar surface area (TPSA) is 161 Å². The third-order valence-electron chi connectivity index (χ3n) is 6.48. The first-order valence-corrected chi connectivity index (χ1v) is 15.9. The van der Waals surface area contributed by atoms with E-state index in [0.29, 0.717) is 0 Å². The number of halogens is 1. The van der Waals surface area contributed by atoms with Gasteiger partial charge < -0.3 is 14.6 Å². The van der Waals surface area contributed by atoms with E-state index in [4.69, 9.17) is 18.5 Å². The summed E-state index contributed by atoms with van der Waals surface area (Å²) < 4.78 is 39.0. The van der Waals surface area contributed by atoms with Gasteiger partial charge in [0.25, 0.3) is 5.56 Å². The molecule has 1 unspecified atom stereocenters. The fourth-order valence-corrected chi connectivity index (χ4v) is 6.47. The number of nitrogens with zero attached hydrogens (tertiary/aromatic N) is 1. The van der Waals surface area contributed by atoms with Crippen LogP contribution in [0, 0.1) is 5.41 Å². The van der Waals surface area contributed by atoms with E-state index in [1.807, 2.05) is 43.3 Å². The second-order valence-corrected chi connectivity index (χ2v) is 14.3. The largest absolute Gasteiger partial charge is 0.544 e. The Kier molecular flexibility index (Phi) is 9.92. The highest BCUT2D eigenvalue weighted by atomic mass is 32.1. The molecular formula is C28H36FN3O9PS+. The van der Waals surface area contributed by atoms with Crippen molar-refractivity contribution in [2.24, 2.45) is 5.41 Å². The molecule has 1 fully saturated rings. The number of hydrogen-bond donors (Lipinski definition) is 4. The summed E-state index contributed by atoms with van der Waals surface area (Å²) in [6, 6.07) is 10.6. The molecule has 0 amide bonds. The highest BCUT2D eigenvalue weighted by molar-refractivity contribution is 7.59. The van der Waals surface area contributed by atoms with Crippen LogP contribution in [0.15, 0.2) is 63.6 Å². The number of aliphatic hydroxyl groups excluding tert-OH is 1. The number of alkyl halides is 1. The number of aromatic amines is 1. The molecule has 1 aliphatic heterocycles. The minimum absolute atomic E-state index is 0.128. The van der Waals surface area contributed by atoms with E-state index < -0.39 is 62.1 Å². The molecule has 234 valence electrons. The molecule has 6 atom stereocenters. The summed E-state index contributed by atoms with van der Waals surface area (Å²) in [4.78, 5) is 51.0. The monoisotopic (exact) mass is 640 g/mol. The number of carbonyl (C=O) groups is 1. The Morgan fingerprint density at radius 1 is 1.26 bits per heavy atom. The van der Waals surface area contributed by atoms with Gasteiger partial charge in [0.15, 0.2) is 17.6 Å². The van der Waals surface area contributed by atoms with Gasteiger partial charge in [-0.3, -0.25) is 23.7 Å². The molecule has 3 heterocycles. The molecule has 4 rings (SSSR count). The lowest BCUT2D eigenvalue weighted by Gasteiger charge is -2.24. The van der Waals surface area contributed by atoms with Crippen LogP contribution in [-0.4, -0.2) is 62.7 Å². The number of carbonyl (C=O) groups excluding carboxylic acids is 1. The summed E-state index contributed by atoms with van der Waals surface area (Å²) >= 11 is 1.56. The van der Waals surface area contributed by atoms with Gasteiger partial charge in [0, 0.05) is 17.1 Å². The summed E-state index contributed by atoms with van der Waals surface area (Å²) in [5, 5.41) is 15.4. The van der Waals surface area contributed by atoms with Gasteiger partial charge in [-0.25, -0.2) is 9.18 Å². The smallest absolute Gasteiger partial charge is 0.464 e. The second kappa shape index (κ2) is 12.9. The van der Waals surface area contributed by atoms with Crippen LogP contribution < -0.4 is 20.9 Å². The molecule has 3 aromatic rings. The van der Waals surface area contributed by atoms with Crippen LogP contribution in [0.1, 0.15) is 40.8 Å². The molecule has 0 saturated carbocycles. The number of aromatic nitrogens is 2. The van der Waals surface area contributed by atoms with Crippen molar-refractivity contribution in [3.63, 3.8) is 0 Å². The quantitative estimate of drug-likeness (QED) is 0.180. The van der Waals surface area contributed by atoms with E-state index >= 15 is 4.39 Å². The van der Waals surface area contributed by atoms with Gasteiger partial charge in [-0.15, -0.1) is 11.3 Å². The highest BCUT2D eigenvalue weighted by Crippen LogP contribution is 2.54. The predicted octanol–water partition coefficient (Wildman–Crippen LogP) is 3.58. The summed E-state index contributed by atoms with van der Waals surface area (Å²) in [5.74, 6) is -0.459. The van der Waals surface area contributed by atoms with Gasteiger partial charge in [0.05, 0.1) is 6.61 Å². The van der Waals surface area contributed by atoms with Crippen LogP contribution in [0.2, 0.25) is 0 Å². The number of thiophene rings is 1. The zero-order chi connectivity index (χ0) is 31.6. The average Bonchev–Trinajstić information content (AvgIpc) is 3.54. The van der Waals surface area contributed by atoms with Gasteiger partial charge in [-0.2, -0.15) is 9.42 Å². The van der Waals surface area contributed by atoms with Crippen LogP contribution in [0.5, 0.6) is 5.75 Å². The van der Waals surface area contributed by atoms with Crippen molar-refractivity contribution in [1.29, 1.82) is 0 Å². The highest BCUT2D eigenvalue weighted by Gasteiger charge is 2.57.